The van der Waals surface area contributed by atoms with Crippen molar-refractivity contribution in [3.05, 3.63) is 181 Å². The monoisotopic (exact) mass is 589 g/mol. The summed E-state index contributed by atoms with van der Waals surface area (Å²) in [6, 6.07) is 57.1. The van der Waals surface area contributed by atoms with Crippen molar-refractivity contribution in [1.82, 2.24) is 0 Å². The van der Waals surface area contributed by atoms with Crippen LogP contribution in [0.25, 0.3) is 0 Å². The van der Waals surface area contributed by atoms with Gasteiger partial charge in [0.05, 0.1) is 5.69 Å². The highest BCUT2D eigenvalue weighted by Gasteiger charge is 2.44. The number of rotatable bonds is 5. The third-order valence-electron chi connectivity index (χ3n) is 9.50. The zero-order valence-electron chi connectivity index (χ0n) is 25.5. The Labute approximate surface area is 271 Å². The molecule has 0 aromatic heterocycles. The van der Waals surface area contributed by atoms with Crippen LogP contribution in [0.4, 0.5) is 45.5 Å². The van der Waals surface area contributed by atoms with Gasteiger partial charge in [0.25, 0.3) is 0 Å². The maximum absolute atomic E-state index is 2.54. The van der Waals surface area contributed by atoms with Gasteiger partial charge in [-0.3, -0.25) is 0 Å². The molecular formula is C42H32BN3. The van der Waals surface area contributed by atoms with Crippen molar-refractivity contribution in [2.45, 2.75) is 12.8 Å². The number of allylic oxidation sites excluding steroid dienone is 3. The van der Waals surface area contributed by atoms with Crippen molar-refractivity contribution in [2.75, 3.05) is 14.7 Å². The Kier molecular flexibility index (Phi) is 6.38. The molecule has 0 amide bonds. The lowest BCUT2D eigenvalue weighted by molar-refractivity contribution is 1.00. The summed E-state index contributed by atoms with van der Waals surface area (Å²) in [5, 5.41) is 0. The minimum absolute atomic E-state index is 0.178. The van der Waals surface area contributed by atoms with E-state index in [-0.39, 0.29) is 6.71 Å². The zero-order valence-corrected chi connectivity index (χ0v) is 25.5. The maximum Gasteiger partial charge on any atom is 0.247 e. The Morgan fingerprint density at radius 2 is 0.957 bits per heavy atom. The highest BCUT2D eigenvalue weighted by Crippen LogP contribution is 2.49. The second-order valence-corrected chi connectivity index (χ2v) is 12.1. The molecule has 0 saturated carbocycles. The fraction of sp³-hybridized carbons (Fsp3) is 0.0476. The van der Waals surface area contributed by atoms with Gasteiger partial charge in [-0.15, -0.1) is 0 Å². The van der Waals surface area contributed by atoms with E-state index in [4.69, 9.17) is 0 Å². The van der Waals surface area contributed by atoms with Crippen molar-refractivity contribution in [3.8, 4) is 0 Å². The first-order chi connectivity index (χ1) is 22.9. The molecule has 0 bridgehead atoms. The molecule has 6 aromatic carbocycles. The topological polar surface area (TPSA) is 9.72 Å². The molecule has 3 aliphatic rings. The van der Waals surface area contributed by atoms with Crippen LogP contribution in [0.3, 0.4) is 0 Å². The molecule has 6 aromatic rings. The van der Waals surface area contributed by atoms with Crippen molar-refractivity contribution in [2.24, 2.45) is 0 Å². The van der Waals surface area contributed by atoms with Crippen molar-refractivity contribution in [1.29, 1.82) is 0 Å². The normalized spacial score (nSPS) is 14.5. The van der Waals surface area contributed by atoms with Crippen molar-refractivity contribution >= 4 is 63.1 Å². The van der Waals surface area contributed by atoms with E-state index in [1.165, 1.54) is 44.8 Å². The van der Waals surface area contributed by atoms with Crippen LogP contribution in [0.2, 0.25) is 0 Å². The minimum Gasteiger partial charge on any atom is -0.315 e. The zero-order chi connectivity index (χ0) is 30.5. The van der Waals surface area contributed by atoms with Gasteiger partial charge in [-0.1, -0.05) is 109 Å². The largest absolute Gasteiger partial charge is 0.315 e. The molecule has 9 rings (SSSR count). The van der Waals surface area contributed by atoms with E-state index in [0.29, 0.717) is 0 Å². The maximum atomic E-state index is 2.54. The highest BCUT2D eigenvalue weighted by atomic mass is 15.2. The first kappa shape index (κ1) is 26.6. The summed E-state index contributed by atoms with van der Waals surface area (Å²) in [5.74, 6) is 0. The minimum atomic E-state index is 0.178. The molecule has 0 fully saturated rings. The molecule has 0 N–H and O–H groups in total. The Morgan fingerprint density at radius 3 is 1.59 bits per heavy atom. The first-order valence-electron chi connectivity index (χ1n) is 16.1. The van der Waals surface area contributed by atoms with Gasteiger partial charge in [-0.2, -0.15) is 0 Å². The molecule has 0 saturated heterocycles. The van der Waals surface area contributed by atoms with Crippen LogP contribution in [0.1, 0.15) is 12.8 Å². The van der Waals surface area contributed by atoms with Crippen LogP contribution in [0.5, 0.6) is 0 Å². The number of anilines is 8. The average molecular weight is 590 g/mol. The summed E-state index contributed by atoms with van der Waals surface area (Å²) < 4.78 is 0. The van der Waals surface area contributed by atoms with Crippen LogP contribution >= 0.6 is 0 Å². The molecule has 4 heteroatoms. The van der Waals surface area contributed by atoms with Gasteiger partial charge < -0.3 is 14.7 Å². The van der Waals surface area contributed by atoms with E-state index in [1.807, 2.05) is 0 Å². The van der Waals surface area contributed by atoms with Gasteiger partial charge >= 0.3 is 0 Å². The number of hydrogen-bond acceptors (Lipinski definition) is 3. The predicted molar refractivity (Wildman–Crippen MR) is 195 cm³/mol. The summed E-state index contributed by atoms with van der Waals surface area (Å²) in [7, 11) is 0. The summed E-state index contributed by atoms with van der Waals surface area (Å²) in [4.78, 5) is 7.42. The number of fused-ring (bicyclic) bond motifs is 3. The van der Waals surface area contributed by atoms with Crippen LogP contribution < -0.4 is 25.6 Å². The van der Waals surface area contributed by atoms with Gasteiger partial charge in [0, 0.05) is 51.9 Å². The van der Waals surface area contributed by atoms with Crippen LogP contribution in [0.15, 0.2) is 181 Å². The molecule has 2 heterocycles. The predicted octanol–water partition coefficient (Wildman–Crippen LogP) is 9.84. The van der Waals surface area contributed by atoms with E-state index in [2.05, 4.69) is 185 Å². The van der Waals surface area contributed by atoms with Gasteiger partial charge in [-0.25, -0.2) is 0 Å². The quantitative estimate of drug-likeness (QED) is 0.146. The van der Waals surface area contributed by atoms with Crippen molar-refractivity contribution < 1.29 is 0 Å². The molecular weight excluding hydrogens is 557 g/mol. The van der Waals surface area contributed by atoms with E-state index in [1.54, 1.807) is 0 Å². The molecule has 1 aliphatic carbocycles. The molecule has 0 unspecified atom stereocenters. The molecule has 46 heavy (non-hydrogen) atoms. The summed E-state index contributed by atoms with van der Waals surface area (Å²) in [6.07, 6.45) is 6.56. The number of benzene rings is 6. The fourth-order valence-electron chi connectivity index (χ4n) is 7.63. The molecule has 3 nitrogen and oxygen atoms in total. The fourth-order valence-corrected chi connectivity index (χ4v) is 7.63. The lowest BCUT2D eigenvalue weighted by atomic mass is 9.32. The SMILES string of the molecule is C1=CCC2=C(C1)B1c3ccccc3N(c3ccccc3)c3cc(N(c4ccccc4)c4ccccc4)cc(c31)N2c1ccccc1. The number of para-hydroxylation sites is 5. The molecule has 0 spiro atoms. The summed E-state index contributed by atoms with van der Waals surface area (Å²) >= 11 is 0. The van der Waals surface area contributed by atoms with Gasteiger partial charge in [0.15, 0.2) is 0 Å². The molecule has 0 atom stereocenters. The van der Waals surface area contributed by atoms with Crippen LogP contribution in [0, 0.1) is 0 Å². The third-order valence-corrected chi connectivity index (χ3v) is 9.50. The van der Waals surface area contributed by atoms with Gasteiger partial charge in [-0.05, 0) is 84.1 Å². The van der Waals surface area contributed by atoms with E-state index in [0.717, 1.165) is 35.6 Å². The van der Waals surface area contributed by atoms with E-state index < -0.39 is 0 Å². The Morgan fingerprint density at radius 1 is 0.457 bits per heavy atom. The number of hydrogen-bond donors (Lipinski definition) is 0. The number of nitrogens with zero attached hydrogens (tertiary/aromatic N) is 3. The van der Waals surface area contributed by atoms with Gasteiger partial charge in [0.1, 0.15) is 0 Å². The van der Waals surface area contributed by atoms with Crippen LogP contribution in [-0.2, 0) is 0 Å². The average Bonchev–Trinajstić information content (AvgIpc) is 3.13. The molecule has 0 radical (unpaired) electrons. The second kappa shape index (κ2) is 11.0. The first-order valence-corrected chi connectivity index (χ1v) is 16.1. The highest BCUT2D eigenvalue weighted by molar-refractivity contribution is 6.95. The molecule has 2 aliphatic heterocycles. The summed E-state index contributed by atoms with van der Waals surface area (Å²) in [5.41, 5.74) is 15.1. The smallest absolute Gasteiger partial charge is 0.247 e. The van der Waals surface area contributed by atoms with Crippen LogP contribution in [-0.4, -0.2) is 6.71 Å². The second-order valence-electron chi connectivity index (χ2n) is 12.1. The third kappa shape index (κ3) is 4.22. The van der Waals surface area contributed by atoms with E-state index >= 15 is 0 Å². The Hall–Kier alpha value is -5.74. The molecule has 218 valence electrons. The Balaban J connectivity index is 1.40. The summed E-state index contributed by atoms with van der Waals surface area (Å²) in [6.45, 7) is 0.178. The Bertz CT molecular complexity index is 2070. The lowest BCUT2D eigenvalue weighted by Gasteiger charge is -2.46. The van der Waals surface area contributed by atoms with Gasteiger partial charge in [0.2, 0.25) is 6.71 Å². The lowest BCUT2D eigenvalue weighted by Crippen LogP contribution is -2.56. The standard InChI is InChI=1S/C42H32BN3/c1-5-17-31(18-6-1)44(32-19-7-2-8-20-32)35-29-40-42-41(30-35)46(34-23-11-4-12-24-34)39-28-16-14-26-37(39)43(42)36-25-13-15-27-38(36)45(40)33-21-9-3-10-22-33/h1-25,27,29-30H,26,28H2. The van der Waals surface area contributed by atoms with Crippen molar-refractivity contribution in [3.63, 3.8) is 0 Å². The van der Waals surface area contributed by atoms with E-state index in [9.17, 15) is 0 Å².